The highest BCUT2D eigenvalue weighted by molar-refractivity contribution is 6.30. The Balaban J connectivity index is 2.25. The average molecular weight is 301 g/mol. The van der Waals surface area contributed by atoms with Gasteiger partial charge in [0, 0.05) is 25.7 Å². The van der Waals surface area contributed by atoms with E-state index in [1.807, 2.05) is 0 Å². The molecule has 0 aliphatic carbocycles. The Morgan fingerprint density at radius 2 is 2.25 bits per heavy atom. The zero-order valence-corrected chi connectivity index (χ0v) is 13.0. The molecule has 2 N–H and O–H groups in total. The summed E-state index contributed by atoms with van der Waals surface area (Å²) in [7, 11) is 0. The predicted molar refractivity (Wildman–Crippen MR) is 79.4 cm³/mol. The number of benzene rings is 1. The molecule has 20 heavy (non-hydrogen) atoms. The summed E-state index contributed by atoms with van der Waals surface area (Å²) in [5.41, 5.74) is 6.67. The third-order valence-corrected chi connectivity index (χ3v) is 3.88. The molecule has 1 aromatic carbocycles. The van der Waals surface area contributed by atoms with Crippen LogP contribution in [0.3, 0.4) is 0 Å². The molecule has 0 amide bonds. The van der Waals surface area contributed by atoms with Gasteiger partial charge in [0.15, 0.2) is 0 Å². The zero-order chi connectivity index (χ0) is 14.9. The third-order valence-electron chi connectivity index (χ3n) is 3.59. The van der Waals surface area contributed by atoms with E-state index in [4.69, 9.17) is 22.1 Å². The van der Waals surface area contributed by atoms with Crippen LogP contribution < -0.4 is 5.73 Å². The van der Waals surface area contributed by atoms with Crippen LogP contribution in [-0.2, 0) is 4.74 Å². The van der Waals surface area contributed by atoms with Crippen molar-refractivity contribution in [2.45, 2.75) is 38.5 Å². The van der Waals surface area contributed by atoms with Crippen molar-refractivity contribution in [2.24, 2.45) is 5.73 Å². The van der Waals surface area contributed by atoms with Gasteiger partial charge in [0.2, 0.25) is 0 Å². The van der Waals surface area contributed by atoms with Crippen LogP contribution >= 0.6 is 11.6 Å². The molecule has 2 unspecified atom stereocenters. The van der Waals surface area contributed by atoms with E-state index in [0.29, 0.717) is 6.54 Å². The van der Waals surface area contributed by atoms with Crippen LogP contribution in [0.25, 0.3) is 0 Å². The second-order valence-corrected chi connectivity index (χ2v) is 6.45. The highest BCUT2D eigenvalue weighted by atomic mass is 35.5. The number of morpholine rings is 1. The van der Waals surface area contributed by atoms with Gasteiger partial charge < -0.3 is 10.5 Å². The second-order valence-electron chi connectivity index (χ2n) is 6.04. The molecule has 112 valence electrons. The van der Waals surface area contributed by atoms with Gasteiger partial charge in [0.1, 0.15) is 5.82 Å². The lowest BCUT2D eigenvalue weighted by atomic mass is 9.99. The van der Waals surface area contributed by atoms with E-state index in [0.717, 1.165) is 18.7 Å². The lowest BCUT2D eigenvalue weighted by molar-refractivity contribution is -0.137. The molecule has 2 rings (SSSR count). The van der Waals surface area contributed by atoms with Crippen LogP contribution in [-0.4, -0.2) is 36.2 Å². The first-order valence-electron chi connectivity index (χ1n) is 6.89. The Morgan fingerprint density at radius 1 is 1.55 bits per heavy atom. The molecule has 1 fully saturated rings. The Bertz CT molecular complexity index is 481. The molecule has 1 aliphatic rings. The monoisotopic (exact) mass is 300 g/mol. The molecule has 1 saturated heterocycles. The summed E-state index contributed by atoms with van der Waals surface area (Å²) < 4.78 is 19.2. The highest BCUT2D eigenvalue weighted by Gasteiger charge is 2.34. The Hall–Kier alpha value is -0.680. The predicted octanol–water partition coefficient (Wildman–Crippen LogP) is 2.98. The average Bonchev–Trinajstić information content (AvgIpc) is 2.32. The fraction of sp³-hybridized carbons (Fsp3) is 0.600. The number of nitrogens with two attached hydrogens (primary N) is 1. The van der Waals surface area contributed by atoms with Gasteiger partial charge in [0.25, 0.3) is 0 Å². The smallest absolute Gasteiger partial charge is 0.141 e. The molecule has 0 saturated carbocycles. The van der Waals surface area contributed by atoms with Crippen LogP contribution in [0.5, 0.6) is 0 Å². The van der Waals surface area contributed by atoms with Crippen molar-refractivity contribution in [3.05, 3.63) is 34.6 Å². The van der Waals surface area contributed by atoms with Gasteiger partial charge >= 0.3 is 0 Å². The summed E-state index contributed by atoms with van der Waals surface area (Å²) in [6.07, 6.45) is 0.142. The quantitative estimate of drug-likeness (QED) is 0.932. The highest BCUT2D eigenvalue weighted by Crippen LogP contribution is 2.30. The van der Waals surface area contributed by atoms with Gasteiger partial charge in [-0.25, -0.2) is 4.39 Å². The van der Waals surface area contributed by atoms with Crippen LogP contribution in [0.2, 0.25) is 5.02 Å². The van der Waals surface area contributed by atoms with E-state index in [1.165, 1.54) is 6.07 Å². The number of nitrogens with zero attached hydrogens (tertiary/aromatic N) is 1. The van der Waals surface area contributed by atoms with E-state index >= 15 is 0 Å². The normalized spacial score (nSPS) is 24.6. The van der Waals surface area contributed by atoms with E-state index in [2.05, 4.69) is 25.7 Å². The van der Waals surface area contributed by atoms with Crippen LogP contribution in [0.1, 0.15) is 32.4 Å². The van der Waals surface area contributed by atoms with E-state index < -0.39 is 5.82 Å². The molecule has 0 aromatic heterocycles. The number of ether oxygens (including phenoxy) is 1. The molecule has 5 heteroatoms. The van der Waals surface area contributed by atoms with Crippen molar-refractivity contribution in [1.29, 1.82) is 0 Å². The summed E-state index contributed by atoms with van der Waals surface area (Å²) in [6, 6.07) is 4.85. The summed E-state index contributed by atoms with van der Waals surface area (Å²) >= 11 is 5.88. The van der Waals surface area contributed by atoms with Gasteiger partial charge in [0.05, 0.1) is 16.7 Å². The Labute approximate surface area is 124 Å². The Kier molecular flexibility index (Phi) is 4.69. The standard InChI is InChI=1S/C15H22ClFN2O/c1-10-8-19(9-15(2,3)20-10)14(7-18)11-4-5-13(17)12(16)6-11/h4-6,10,14H,7-9,18H2,1-3H3. The second kappa shape index (κ2) is 5.98. The van der Waals surface area contributed by atoms with E-state index in [9.17, 15) is 4.39 Å². The first-order valence-corrected chi connectivity index (χ1v) is 7.27. The van der Waals surface area contributed by atoms with Gasteiger partial charge in [-0.1, -0.05) is 17.7 Å². The van der Waals surface area contributed by atoms with Gasteiger partial charge in [-0.15, -0.1) is 0 Å². The molecule has 1 aromatic rings. The maximum atomic E-state index is 13.3. The maximum absolute atomic E-state index is 13.3. The Morgan fingerprint density at radius 3 is 2.80 bits per heavy atom. The van der Waals surface area contributed by atoms with Gasteiger partial charge in [-0.2, -0.15) is 0 Å². The molecule has 0 bridgehead atoms. The fourth-order valence-corrected chi connectivity index (χ4v) is 3.15. The number of hydrogen-bond donors (Lipinski definition) is 1. The van der Waals surface area contributed by atoms with Gasteiger partial charge in [-0.3, -0.25) is 4.90 Å². The van der Waals surface area contributed by atoms with Crippen LogP contribution in [0.15, 0.2) is 18.2 Å². The largest absolute Gasteiger partial charge is 0.370 e. The van der Waals surface area contributed by atoms with Crippen LogP contribution in [0, 0.1) is 5.82 Å². The lowest BCUT2D eigenvalue weighted by Gasteiger charge is -2.45. The third kappa shape index (κ3) is 3.50. The molecule has 1 heterocycles. The van der Waals surface area contributed by atoms with Crippen molar-refractivity contribution in [1.82, 2.24) is 4.90 Å². The molecule has 0 spiro atoms. The maximum Gasteiger partial charge on any atom is 0.141 e. The summed E-state index contributed by atoms with van der Waals surface area (Å²) in [6.45, 7) is 8.25. The molecular weight excluding hydrogens is 279 g/mol. The van der Waals surface area contributed by atoms with Crippen molar-refractivity contribution < 1.29 is 9.13 Å². The SMILES string of the molecule is CC1CN(C(CN)c2ccc(F)c(Cl)c2)CC(C)(C)O1. The van der Waals surface area contributed by atoms with E-state index in [-0.39, 0.29) is 22.8 Å². The topological polar surface area (TPSA) is 38.5 Å². The first-order chi connectivity index (χ1) is 9.32. The summed E-state index contributed by atoms with van der Waals surface area (Å²) in [5, 5.41) is 0.140. The summed E-state index contributed by atoms with van der Waals surface area (Å²) in [4.78, 5) is 2.29. The van der Waals surface area contributed by atoms with Crippen molar-refractivity contribution in [2.75, 3.05) is 19.6 Å². The van der Waals surface area contributed by atoms with Crippen LogP contribution in [0.4, 0.5) is 4.39 Å². The van der Waals surface area contributed by atoms with Crippen molar-refractivity contribution >= 4 is 11.6 Å². The van der Waals surface area contributed by atoms with Gasteiger partial charge in [-0.05, 0) is 38.5 Å². The van der Waals surface area contributed by atoms with Crippen molar-refractivity contribution in [3.63, 3.8) is 0 Å². The van der Waals surface area contributed by atoms with Crippen molar-refractivity contribution in [3.8, 4) is 0 Å². The first kappa shape index (κ1) is 15.7. The summed E-state index contributed by atoms with van der Waals surface area (Å²) in [5.74, 6) is -0.401. The zero-order valence-electron chi connectivity index (χ0n) is 12.2. The number of halogens is 2. The molecule has 2 atom stereocenters. The molecule has 3 nitrogen and oxygen atoms in total. The molecule has 0 radical (unpaired) electrons. The minimum Gasteiger partial charge on any atom is -0.370 e. The lowest BCUT2D eigenvalue weighted by Crippen LogP contribution is -2.53. The minimum absolute atomic E-state index is 0.0266. The van der Waals surface area contributed by atoms with E-state index in [1.54, 1.807) is 12.1 Å². The molecular formula is C15H22ClFN2O. The minimum atomic E-state index is -0.401. The fourth-order valence-electron chi connectivity index (χ4n) is 2.96. The number of rotatable bonds is 3. The number of hydrogen-bond acceptors (Lipinski definition) is 3. The molecule has 1 aliphatic heterocycles.